The van der Waals surface area contributed by atoms with Gasteiger partial charge in [0.15, 0.2) is 0 Å². The molecule has 0 bridgehead atoms. The van der Waals surface area contributed by atoms with Gasteiger partial charge in [-0.25, -0.2) is 14.5 Å². The predicted molar refractivity (Wildman–Crippen MR) is 90.8 cm³/mol. The number of amides is 2. The molecular weight excluding hydrogens is 296 g/mol. The Morgan fingerprint density at radius 1 is 0.826 bits per heavy atom. The van der Waals surface area contributed by atoms with E-state index in [1.165, 1.54) is 19.1 Å². The number of rotatable bonds is 2. The van der Waals surface area contributed by atoms with Gasteiger partial charge in [0.25, 0.3) is 0 Å². The van der Waals surface area contributed by atoms with E-state index in [1.807, 2.05) is 60.7 Å². The van der Waals surface area contributed by atoms with Crippen LogP contribution in [-0.2, 0) is 9.47 Å². The number of ether oxygens (including phenoxy) is 2. The molecule has 0 spiro atoms. The van der Waals surface area contributed by atoms with Crippen molar-refractivity contribution in [2.45, 2.75) is 7.43 Å². The summed E-state index contributed by atoms with van der Waals surface area (Å²) in [6.07, 6.45) is -1.15. The standard InChI is InChI=1S/C14H13NO2.C2H5NO2.CH4/c1-17-14(16)15(12-8-4-2-5-9-12)13-10-6-3-7-11-13;1-5-2(3)4;/h2-11H,1H3;1H3,(H2,3,4);1H4. The van der Waals surface area contributed by atoms with Crippen LogP contribution < -0.4 is 10.6 Å². The van der Waals surface area contributed by atoms with Crippen molar-refractivity contribution in [3.8, 4) is 0 Å². The van der Waals surface area contributed by atoms with Gasteiger partial charge >= 0.3 is 12.2 Å². The van der Waals surface area contributed by atoms with Crippen molar-refractivity contribution in [3.05, 3.63) is 60.7 Å². The summed E-state index contributed by atoms with van der Waals surface area (Å²) in [7, 11) is 2.60. The van der Waals surface area contributed by atoms with Crippen LogP contribution in [0.25, 0.3) is 0 Å². The van der Waals surface area contributed by atoms with Crippen molar-refractivity contribution in [1.29, 1.82) is 0 Å². The maximum Gasteiger partial charge on any atom is 0.418 e. The van der Waals surface area contributed by atoms with Crippen LogP contribution in [-0.4, -0.2) is 26.4 Å². The minimum atomic E-state index is -0.745. The van der Waals surface area contributed by atoms with Gasteiger partial charge in [0, 0.05) is 0 Å². The SMILES string of the molecule is C.COC(=O)N(c1ccccc1)c1ccccc1.COC(N)=O. The van der Waals surface area contributed by atoms with Crippen molar-refractivity contribution >= 4 is 23.6 Å². The molecule has 0 atom stereocenters. The van der Waals surface area contributed by atoms with E-state index in [2.05, 4.69) is 10.5 Å². The van der Waals surface area contributed by atoms with Gasteiger partial charge in [-0.15, -0.1) is 0 Å². The highest BCUT2D eigenvalue weighted by atomic mass is 16.5. The molecule has 6 heteroatoms. The number of benzene rings is 2. The van der Waals surface area contributed by atoms with Gasteiger partial charge in [-0.1, -0.05) is 43.8 Å². The third-order valence-corrected chi connectivity index (χ3v) is 2.59. The van der Waals surface area contributed by atoms with E-state index in [1.54, 1.807) is 0 Å². The number of carbonyl (C=O) groups excluding carboxylic acids is 2. The monoisotopic (exact) mass is 318 g/mol. The first kappa shape index (κ1) is 20.0. The lowest BCUT2D eigenvalue weighted by molar-refractivity contribution is 0.181. The Kier molecular flexibility index (Phi) is 9.27. The molecule has 2 rings (SSSR count). The van der Waals surface area contributed by atoms with Crippen LogP contribution in [0.3, 0.4) is 0 Å². The molecule has 124 valence electrons. The van der Waals surface area contributed by atoms with Crippen LogP contribution in [0.4, 0.5) is 21.0 Å². The molecule has 2 amide bonds. The lowest BCUT2D eigenvalue weighted by Gasteiger charge is -2.21. The molecule has 0 heterocycles. The topological polar surface area (TPSA) is 81.9 Å². The average molecular weight is 318 g/mol. The second-order valence-electron chi connectivity index (χ2n) is 4.00. The number of carbonyl (C=O) groups is 2. The van der Waals surface area contributed by atoms with Gasteiger partial charge in [-0.2, -0.15) is 0 Å². The van der Waals surface area contributed by atoms with Crippen molar-refractivity contribution in [2.75, 3.05) is 19.1 Å². The highest BCUT2D eigenvalue weighted by Gasteiger charge is 2.17. The molecule has 0 aliphatic heterocycles. The highest BCUT2D eigenvalue weighted by Crippen LogP contribution is 2.25. The van der Waals surface area contributed by atoms with Gasteiger partial charge in [0.05, 0.1) is 25.6 Å². The summed E-state index contributed by atoms with van der Waals surface area (Å²) in [6.45, 7) is 0. The van der Waals surface area contributed by atoms with E-state index in [0.29, 0.717) is 0 Å². The molecule has 23 heavy (non-hydrogen) atoms. The Balaban J connectivity index is 0.000000709. The molecule has 0 saturated carbocycles. The maximum atomic E-state index is 11.8. The number of para-hydroxylation sites is 2. The summed E-state index contributed by atoms with van der Waals surface area (Å²) >= 11 is 0. The fourth-order valence-corrected chi connectivity index (χ4v) is 1.61. The summed E-state index contributed by atoms with van der Waals surface area (Å²) in [5.41, 5.74) is 6.00. The summed E-state index contributed by atoms with van der Waals surface area (Å²) in [6, 6.07) is 18.8. The smallest absolute Gasteiger partial charge is 0.418 e. The molecule has 0 aromatic heterocycles. The number of hydrogen-bond acceptors (Lipinski definition) is 4. The molecule has 0 aliphatic carbocycles. The Labute approximate surface area is 136 Å². The third kappa shape index (κ3) is 6.52. The van der Waals surface area contributed by atoms with Crippen molar-refractivity contribution < 1.29 is 19.1 Å². The maximum absolute atomic E-state index is 11.8. The van der Waals surface area contributed by atoms with Gasteiger partial charge in [0.1, 0.15) is 0 Å². The average Bonchev–Trinajstić information content (AvgIpc) is 2.57. The number of nitrogens with two attached hydrogens (primary N) is 1. The number of nitrogens with zero attached hydrogens (tertiary/aromatic N) is 1. The number of hydrogen-bond donors (Lipinski definition) is 1. The van der Waals surface area contributed by atoms with Gasteiger partial charge in [0.2, 0.25) is 0 Å². The highest BCUT2D eigenvalue weighted by molar-refractivity contribution is 5.95. The van der Waals surface area contributed by atoms with Crippen molar-refractivity contribution in [2.24, 2.45) is 5.73 Å². The Hall–Kier alpha value is -3.02. The Morgan fingerprint density at radius 2 is 1.17 bits per heavy atom. The van der Waals surface area contributed by atoms with E-state index in [0.717, 1.165) is 11.4 Å². The first-order valence-corrected chi connectivity index (χ1v) is 6.41. The summed E-state index contributed by atoms with van der Waals surface area (Å²) < 4.78 is 8.70. The second kappa shape index (κ2) is 10.7. The minimum absolute atomic E-state index is 0. The quantitative estimate of drug-likeness (QED) is 0.909. The summed E-state index contributed by atoms with van der Waals surface area (Å²) in [5.74, 6) is 0. The molecule has 2 N–H and O–H groups in total. The molecule has 2 aromatic carbocycles. The lowest BCUT2D eigenvalue weighted by Crippen LogP contribution is -2.25. The zero-order chi connectivity index (χ0) is 16.4. The number of primary amides is 1. The molecule has 0 radical (unpaired) electrons. The zero-order valence-corrected chi connectivity index (χ0v) is 12.4. The molecule has 0 aliphatic rings. The second-order valence-corrected chi connectivity index (χ2v) is 4.00. The predicted octanol–water partition coefficient (Wildman–Crippen LogP) is 3.94. The molecule has 0 unspecified atom stereocenters. The van der Waals surface area contributed by atoms with Crippen molar-refractivity contribution in [1.82, 2.24) is 0 Å². The van der Waals surface area contributed by atoms with Gasteiger partial charge in [-0.3, -0.25) is 0 Å². The fraction of sp³-hybridized carbons (Fsp3) is 0.176. The van der Waals surface area contributed by atoms with Crippen molar-refractivity contribution in [3.63, 3.8) is 0 Å². The van der Waals surface area contributed by atoms with Crippen LogP contribution in [0.15, 0.2) is 60.7 Å². The molecule has 2 aromatic rings. The summed E-state index contributed by atoms with van der Waals surface area (Å²) in [5, 5.41) is 0. The van der Waals surface area contributed by atoms with E-state index in [-0.39, 0.29) is 7.43 Å². The minimum Gasteiger partial charge on any atom is -0.453 e. The molecule has 0 fully saturated rings. The largest absolute Gasteiger partial charge is 0.453 e. The third-order valence-electron chi connectivity index (χ3n) is 2.59. The van der Waals surface area contributed by atoms with E-state index >= 15 is 0 Å². The molecular formula is C17H22N2O4. The Bertz CT molecular complexity index is 549. The van der Waals surface area contributed by atoms with E-state index in [4.69, 9.17) is 4.74 Å². The fourth-order valence-electron chi connectivity index (χ4n) is 1.61. The van der Waals surface area contributed by atoms with E-state index < -0.39 is 12.2 Å². The molecule has 6 nitrogen and oxygen atoms in total. The number of anilines is 2. The van der Waals surface area contributed by atoms with Crippen LogP contribution in [0.1, 0.15) is 7.43 Å². The Morgan fingerprint density at radius 3 is 1.43 bits per heavy atom. The van der Waals surface area contributed by atoms with Crippen LogP contribution in [0.5, 0.6) is 0 Å². The first-order chi connectivity index (χ1) is 10.6. The molecule has 0 saturated heterocycles. The van der Waals surface area contributed by atoms with Crippen LogP contribution >= 0.6 is 0 Å². The summed E-state index contributed by atoms with van der Waals surface area (Å²) in [4.78, 5) is 22.7. The zero-order valence-electron chi connectivity index (χ0n) is 12.4. The van der Waals surface area contributed by atoms with Crippen LogP contribution in [0.2, 0.25) is 0 Å². The van der Waals surface area contributed by atoms with Crippen LogP contribution in [0, 0.1) is 0 Å². The van der Waals surface area contributed by atoms with Gasteiger partial charge < -0.3 is 15.2 Å². The normalized spacial score (nSPS) is 8.61. The number of methoxy groups -OCH3 is 2. The van der Waals surface area contributed by atoms with E-state index in [9.17, 15) is 9.59 Å². The first-order valence-electron chi connectivity index (χ1n) is 6.41. The van der Waals surface area contributed by atoms with Gasteiger partial charge in [-0.05, 0) is 24.3 Å². The lowest BCUT2D eigenvalue weighted by atomic mass is 10.2.